The van der Waals surface area contributed by atoms with Crippen LogP contribution in [0.3, 0.4) is 0 Å². The van der Waals surface area contributed by atoms with E-state index in [1.807, 2.05) is 54.6 Å². The zero-order chi connectivity index (χ0) is 23.2. The predicted molar refractivity (Wildman–Crippen MR) is 136 cm³/mol. The number of halogens is 3. The number of anilines is 2. The monoisotopic (exact) mass is 506 g/mol. The first-order valence-electron chi connectivity index (χ1n) is 10.6. The van der Waals surface area contributed by atoms with Crippen LogP contribution in [0.15, 0.2) is 54.6 Å². The smallest absolute Gasteiger partial charge is 0.180 e. The minimum Gasteiger partial charge on any atom is -0.493 e. The number of hydrogen-bond acceptors (Lipinski definition) is 5. The molecule has 1 aliphatic heterocycles. The van der Waals surface area contributed by atoms with Crippen molar-refractivity contribution in [3.05, 3.63) is 80.8 Å². The van der Waals surface area contributed by atoms with Gasteiger partial charge in [0.1, 0.15) is 6.61 Å². The van der Waals surface area contributed by atoms with E-state index < -0.39 is 0 Å². The third-order valence-electron chi connectivity index (χ3n) is 5.36. The molecule has 1 saturated heterocycles. The number of rotatable bonds is 8. The quantitative estimate of drug-likeness (QED) is 0.368. The van der Waals surface area contributed by atoms with Crippen molar-refractivity contribution in [3.63, 3.8) is 0 Å². The molecule has 3 aromatic carbocycles. The minimum absolute atomic E-state index is 0.336. The summed E-state index contributed by atoms with van der Waals surface area (Å²) < 4.78 is 16.9. The molecule has 0 aliphatic carbocycles. The van der Waals surface area contributed by atoms with Gasteiger partial charge in [0, 0.05) is 30.3 Å². The molecule has 0 radical (unpaired) electrons. The van der Waals surface area contributed by atoms with Gasteiger partial charge in [-0.2, -0.15) is 0 Å². The molecule has 1 fully saturated rings. The highest BCUT2D eigenvalue weighted by molar-refractivity contribution is 6.33. The van der Waals surface area contributed by atoms with E-state index in [2.05, 4.69) is 10.2 Å². The maximum atomic E-state index is 6.54. The Morgan fingerprint density at radius 2 is 1.76 bits per heavy atom. The summed E-state index contributed by atoms with van der Waals surface area (Å²) in [6.07, 6.45) is 0. The molecular formula is C25H25Cl3N2O3. The summed E-state index contributed by atoms with van der Waals surface area (Å²) in [4.78, 5) is 2.24. The number of nitrogens with one attached hydrogen (secondary N) is 1. The number of morpholine rings is 1. The number of ether oxygens (including phenoxy) is 3. The van der Waals surface area contributed by atoms with Gasteiger partial charge < -0.3 is 24.4 Å². The second-order valence-electron chi connectivity index (χ2n) is 7.65. The van der Waals surface area contributed by atoms with Gasteiger partial charge in [-0.3, -0.25) is 0 Å². The van der Waals surface area contributed by atoms with E-state index in [0.29, 0.717) is 39.7 Å². The largest absolute Gasteiger partial charge is 0.493 e. The standard InChI is InChI=1S/C25H25Cl3N2O3/c1-31-24-13-18(12-22(28)25(24)33-16-17-3-2-4-19(26)11-17)15-29-20-5-6-23(21(27)14-20)30-7-9-32-10-8-30/h2-6,11-14,29H,7-10,15-16H2,1H3. The van der Waals surface area contributed by atoms with Crippen LogP contribution in [0.1, 0.15) is 11.1 Å². The Morgan fingerprint density at radius 1 is 0.939 bits per heavy atom. The van der Waals surface area contributed by atoms with E-state index in [1.165, 1.54) is 0 Å². The molecule has 1 aliphatic rings. The van der Waals surface area contributed by atoms with Gasteiger partial charge in [0.15, 0.2) is 11.5 Å². The topological polar surface area (TPSA) is 43.0 Å². The van der Waals surface area contributed by atoms with Gasteiger partial charge in [-0.25, -0.2) is 0 Å². The fourth-order valence-electron chi connectivity index (χ4n) is 3.68. The third kappa shape index (κ3) is 6.18. The van der Waals surface area contributed by atoms with Gasteiger partial charge in [0.2, 0.25) is 0 Å². The second kappa shape index (κ2) is 11.2. The predicted octanol–water partition coefficient (Wildman–Crippen LogP) is 6.68. The molecule has 3 aromatic rings. The lowest BCUT2D eigenvalue weighted by molar-refractivity contribution is 0.122. The summed E-state index contributed by atoms with van der Waals surface area (Å²) in [5.41, 5.74) is 3.86. The van der Waals surface area contributed by atoms with Crippen molar-refractivity contribution in [2.75, 3.05) is 43.6 Å². The average molecular weight is 508 g/mol. The summed E-state index contributed by atoms with van der Waals surface area (Å²) in [5, 5.41) is 5.25. The Balaban J connectivity index is 1.42. The van der Waals surface area contributed by atoms with Gasteiger partial charge in [0.05, 0.1) is 36.1 Å². The molecular weight excluding hydrogens is 483 g/mol. The van der Waals surface area contributed by atoms with Crippen molar-refractivity contribution in [2.45, 2.75) is 13.2 Å². The van der Waals surface area contributed by atoms with E-state index in [-0.39, 0.29) is 0 Å². The Morgan fingerprint density at radius 3 is 2.48 bits per heavy atom. The molecule has 1 heterocycles. The first-order valence-corrected chi connectivity index (χ1v) is 11.8. The third-order valence-corrected chi connectivity index (χ3v) is 6.18. The maximum absolute atomic E-state index is 6.54. The summed E-state index contributed by atoms with van der Waals surface area (Å²) in [5.74, 6) is 1.07. The Kier molecular flexibility index (Phi) is 8.10. The van der Waals surface area contributed by atoms with E-state index in [1.54, 1.807) is 7.11 Å². The molecule has 5 nitrogen and oxygen atoms in total. The molecule has 0 unspecified atom stereocenters. The first-order chi connectivity index (χ1) is 16.0. The number of methoxy groups -OCH3 is 1. The van der Waals surface area contributed by atoms with Crippen LogP contribution in [-0.4, -0.2) is 33.4 Å². The Labute approximate surface area is 209 Å². The zero-order valence-electron chi connectivity index (χ0n) is 18.2. The Hall–Kier alpha value is -2.31. The lowest BCUT2D eigenvalue weighted by Gasteiger charge is -2.29. The molecule has 0 saturated carbocycles. The average Bonchev–Trinajstić information content (AvgIpc) is 2.82. The van der Waals surface area contributed by atoms with Crippen molar-refractivity contribution < 1.29 is 14.2 Å². The van der Waals surface area contributed by atoms with Gasteiger partial charge in [-0.1, -0.05) is 46.9 Å². The second-order valence-corrected chi connectivity index (χ2v) is 8.90. The van der Waals surface area contributed by atoms with E-state index in [0.717, 1.165) is 48.8 Å². The van der Waals surface area contributed by atoms with Crippen LogP contribution in [-0.2, 0) is 17.9 Å². The van der Waals surface area contributed by atoms with Gasteiger partial charge in [-0.15, -0.1) is 0 Å². The maximum Gasteiger partial charge on any atom is 0.180 e. The van der Waals surface area contributed by atoms with Crippen molar-refractivity contribution in [1.82, 2.24) is 0 Å². The normalized spacial score (nSPS) is 13.6. The van der Waals surface area contributed by atoms with Gasteiger partial charge in [-0.05, 0) is 53.6 Å². The van der Waals surface area contributed by atoms with Crippen LogP contribution in [0.4, 0.5) is 11.4 Å². The summed E-state index contributed by atoms with van der Waals surface area (Å²) >= 11 is 19.1. The van der Waals surface area contributed by atoms with E-state index in [9.17, 15) is 0 Å². The number of nitrogens with zero attached hydrogens (tertiary/aromatic N) is 1. The molecule has 0 aromatic heterocycles. The molecule has 0 bridgehead atoms. The molecule has 8 heteroatoms. The van der Waals surface area contributed by atoms with Crippen LogP contribution >= 0.6 is 34.8 Å². The number of hydrogen-bond donors (Lipinski definition) is 1. The van der Waals surface area contributed by atoms with Crippen molar-refractivity contribution in [2.24, 2.45) is 0 Å². The fourth-order valence-corrected chi connectivity index (χ4v) is 4.48. The van der Waals surface area contributed by atoms with Crippen LogP contribution in [0, 0.1) is 0 Å². The summed E-state index contributed by atoms with van der Waals surface area (Å²) in [6.45, 7) is 4.02. The van der Waals surface area contributed by atoms with Crippen LogP contribution in [0.2, 0.25) is 15.1 Å². The highest BCUT2D eigenvalue weighted by Gasteiger charge is 2.15. The molecule has 174 valence electrons. The lowest BCUT2D eigenvalue weighted by atomic mass is 10.1. The highest BCUT2D eigenvalue weighted by Crippen LogP contribution is 2.37. The van der Waals surface area contributed by atoms with E-state index >= 15 is 0 Å². The molecule has 1 N–H and O–H groups in total. The van der Waals surface area contributed by atoms with Crippen LogP contribution in [0.5, 0.6) is 11.5 Å². The van der Waals surface area contributed by atoms with Crippen molar-refractivity contribution in [1.29, 1.82) is 0 Å². The minimum atomic E-state index is 0.336. The fraction of sp³-hybridized carbons (Fsp3) is 0.280. The summed E-state index contributed by atoms with van der Waals surface area (Å²) in [7, 11) is 1.60. The molecule has 33 heavy (non-hydrogen) atoms. The van der Waals surface area contributed by atoms with Crippen LogP contribution in [0.25, 0.3) is 0 Å². The summed E-state index contributed by atoms with van der Waals surface area (Å²) in [6, 6.07) is 17.3. The van der Waals surface area contributed by atoms with Crippen molar-refractivity contribution in [3.8, 4) is 11.5 Å². The zero-order valence-corrected chi connectivity index (χ0v) is 20.5. The van der Waals surface area contributed by atoms with Crippen LogP contribution < -0.4 is 19.7 Å². The first kappa shape index (κ1) is 23.8. The van der Waals surface area contributed by atoms with Crippen molar-refractivity contribution >= 4 is 46.2 Å². The molecule has 4 rings (SSSR count). The molecule has 0 amide bonds. The highest BCUT2D eigenvalue weighted by atomic mass is 35.5. The lowest BCUT2D eigenvalue weighted by Crippen LogP contribution is -2.36. The molecule has 0 spiro atoms. The van der Waals surface area contributed by atoms with Gasteiger partial charge >= 0.3 is 0 Å². The number of benzene rings is 3. The Bertz CT molecular complexity index is 1100. The SMILES string of the molecule is COc1cc(CNc2ccc(N3CCOCC3)c(Cl)c2)cc(Cl)c1OCc1cccc(Cl)c1. The molecule has 0 atom stereocenters. The van der Waals surface area contributed by atoms with Gasteiger partial charge in [0.25, 0.3) is 0 Å². The van der Waals surface area contributed by atoms with E-state index in [4.69, 9.17) is 49.0 Å².